The number of aryl methyl sites for hydroxylation is 1. The second-order valence-corrected chi connectivity index (χ2v) is 5.25. The van der Waals surface area contributed by atoms with Gasteiger partial charge in [-0.05, 0) is 19.0 Å². The molecule has 0 spiro atoms. The quantitative estimate of drug-likeness (QED) is 0.814. The fourth-order valence-electron chi connectivity index (χ4n) is 2.53. The zero-order valence-corrected chi connectivity index (χ0v) is 12.6. The first-order valence-corrected chi connectivity index (χ1v) is 7.48. The largest absolute Gasteiger partial charge is 0.379 e. The lowest BCUT2D eigenvalue weighted by Gasteiger charge is -2.18. The van der Waals surface area contributed by atoms with Crippen molar-refractivity contribution in [1.29, 1.82) is 0 Å². The average Bonchev–Trinajstić information content (AvgIpc) is 2.91. The topological polar surface area (TPSA) is 72.4 Å². The molecule has 0 radical (unpaired) electrons. The molecule has 6 nitrogen and oxygen atoms in total. The van der Waals surface area contributed by atoms with Crippen molar-refractivity contribution < 1.29 is 9.53 Å². The van der Waals surface area contributed by atoms with E-state index in [2.05, 4.69) is 10.6 Å². The standard InChI is InChI=1S/C15H23N3O3/c1-3-7-18-8-11(5-6-14(18)19)17-15(20)12-9-21-10-13(12)16-4-2/h5-6,8,12-13,16H,3-4,7,9-10H2,1-2H3,(H,17,20). The smallest absolute Gasteiger partial charge is 0.250 e. The van der Waals surface area contributed by atoms with Crippen molar-refractivity contribution in [3.8, 4) is 0 Å². The van der Waals surface area contributed by atoms with Crippen molar-refractivity contribution in [2.75, 3.05) is 25.1 Å². The molecule has 1 fully saturated rings. The Labute approximate surface area is 124 Å². The van der Waals surface area contributed by atoms with Crippen molar-refractivity contribution >= 4 is 11.6 Å². The van der Waals surface area contributed by atoms with Gasteiger partial charge in [0.25, 0.3) is 5.56 Å². The number of anilines is 1. The van der Waals surface area contributed by atoms with Gasteiger partial charge in [-0.3, -0.25) is 9.59 Å². The molecule has 1 saturated heterocycles. The first-order valence-electron chi connectivity index (χ1n) is 7.48. The van der Waals surface area contributed by atoms with E-state index in [0.29, 0.717) is 25.4 Å². The summed E-state index contributed by atoms with van der Waals surface area (Å²) in [6.07, 6.45) is 2.57. The molecule has 1 amide bonds. The van der Waals surface area contributed by atoms with Gasteiger partial charge in [0.1, 0.15) is 0 Å². The van der Waals surface area contributed by atoms with E-state index in [-0.39, 0.29) is 23.4 Å². The van der Waals surface area contributed by atoms with Gasteiger partial charge < -0.3 is 19.9 Å². The third-order valence-electron chi connectivity index (χ3n) is 3.60. The van der Waals surface area contributed by atoms with Gasteiger partial charge in [0.05, 0.1) is 24.8 Å². The maximum atomic E-state index is 12.3. The highest BCUT2D eigenvalue weighted by molar-refractivity contribution is 5.93. The van der Waals surface area contributed by atoms with Crippen LogP contribution in [0.5, 0.6) is 0 Å². The Morgan fingerprint density at radius 3 is 2.90 bits per heavy atom. The Kier molecular flexibility index (Phi) is 5.52. The number of aromatic nitrogens is 1. The van der Waals surface area contributed by atoms with E-state index in [9.17, 15) is 9.59 Å². The number of likely N-dealkylation sites (N-methyl/N-ethyl adjacent to an activating group) is 1. The monoisotopic (exact) mass is 293 g/mol. The fraction of sp³-hybridized carbons (Fsp3) is 0.600. The van der Waals surface area contributed by atoms with E-state index in [1.807, 2.05) is 13.8 Å². The molecule has 0 bridgehead atoms. The van der Waals surface area contributed by atoms with Crippen LogP contribution < -0.4 is 16.2 Å². The summed E-state index contributed by atoms with van der Waals surface area (Å²) < 4.78 is 7.00. The first-order chi connectivity index (χ1) is 10.2. The Hall–Kier alpha value is -1.66. The highest BCUT2D eigenvalue weighted by atomic mass is 16.5. The van der Waals surface area contributed by atoms with Gasteiger partial charge in [0, 0.05) is 24.8 Å². The molecule has 116 valence electrons. The molecular formula is C15H23N3O3. The summed E-state index contributed by atoms with van der Waals surface area (Å²) in [5.41, 5.74) is 0.597. The number of hydrogen-bond acceptors (Lipinski definition) is 4. The molecule has 2 N–H and O–H groups in total. The number of amides is 1. The minimum atomic E-state index is -0.198. The van der Waals surface area contributed by atoms with Gasteiger partial charge >= 0.3 is 0 Å². The van der Waals surface area contributed by atoms with E-state index in [1.54, 1.807) is 16.8 Å². The van der Waals surface area contributed by atoms with Crippen molar-refractivity contribution in [2.24, 2.45) is 5.92 Å². The van der Waals surface area contributed by atoms with E-state index >= 15 is 0 Å². The van der Waals surface area contributed by atoms with Gasteiger partial charge in [0.15, 0.2) is 0 Å². The number of nitrogens with zero attached hydrogens (tertiary/aromatic N) is 1. The van der Waals surface area contributed by atoms with Crippen molar-refractivity contribution in [1.82, 2.24) is 9.88 Å². The molecule has 2 unspecified atom stereocenters. The number of hydrogen-bond donors (Lipinski definition) is 2. The van der Waals surface area contributed by atoms with Gasteiger partial charge in [-0.2, -0.15) is 0 Å². The number of rotatable bonds is 6. The summed E-state index contributed by atoms with van der Waals surface area (Å²) in [5, 5.41) is 6.14. The number of pyridine rings is 1. The summed E-state index contributed by atoms with van der Waals surface area (Å²) >= 11 is 0. The summed E-state index contributed by atoms with van der Waals surface area (Å²) in [7, 11) is 0. The minimum Gasteiger partial charge on any atom is -0.379 e. The maximum absolute atomic E-state index is 12.3. The zero-order valence-electron chi connectivity index (χ0n) is 12.6. The predicted octanol–water partition coefficient (Wildman–Crippen LogP) is 0.821. The Balaban J connectivity index is 2.05. The van der Waals surface area contributed by atoms with Crippen molar-refractivity contribution in [2.45, 2.75) is 32.9 Å². The van der Waals surface area contributed by atoms with Crippen LogP contribution in [0.3, 0.4) is 0 Å². The molecule has 2 atom stereocenters. The molecule has 2 rings (SSSR count). The number of carbonyl (C=O) groups excluding carboxylic acids is 1. The molecule has 0 aromatic carbocycles. The highest BCUT2D eigenvalue weighted by Crippen LogP contribution is 2.16. The van der Waals surface area contributed by atoms with Gasteiger partial charge in [-0.25, -0.2) is 0 Å². The van der Waals surface area contributed by atoms with Crippen LogP contribution in [-0.2, 0) is 16.1 Å². The summed E-state index contributed by atoms with van der Waals surface area (Å²) in [6, 6.07) is 3.18. The second kappa shape index (κ2) is 7.38. The molecule has 0 aliphatic carbocycles. The van der Waals surface area contributed by atoms with Gasteiger partial charge in [-0.1, -0.05) is 13.8 Å². The molecule has 6 heteroatoms. The van der Waals surface area contributed by atoms with Crippen molar-refractivity contribution in [3.63, 3.8) is 0 Å². The van der Waals surface area contributed by atoms with Crippen LogP contribution in [0.4, 0.5) is 5.69 Å². The van der Waals surface area contributed by atoms with Crippen LogP contribution in [0, 0.1) is 5.92 Å². The van der Waals surface area contributed by atoms with E-state index < -0.39 is 0 Å². The minimum absolute atomic E-state index is 0.0513. The molecule has 21 heavy (non-hydrogen) atoms. The molecule has 1 aliphatic rings. The number of nitrogens with one attached hydrogen (secondary N) is 2. The van der Waals surface area contributed by atoms with Crippen LogP contribution in [0.25, 0.3) is 0 Å². The molecule has 2 heterocycles. The third kappa shape index (κ3) is 3.92. The summed E-state index contributed by atoms with van der Waals surface area (Å²) in [6.45, 7) is 6.45. The second-order valence-electron chi connectivity index (χ2n) is 5.25. The lowest BCUT2D eigenvalue weighted by atomic mass is 10.0. The Bertz CT molecular complexity index is 541. The maximum Gasteiger partial charge on any atom is 0.250 e. The zero-order chi connectivity index (χ0) is 15.2. The van der Waals surface area contributed by atoms with Gasteiger partial charge in [-0.15, -0.1) is 0 Å². The SMILES string of the molecule is CCCn1cc(NC(=O)C2COCC2NCC)ccc1=O. The molecule has 1 aromatic heterocycles. The Morgan fingerprint density at radius 1 is 1.38 bits per heavy atom. The summed E-state index contributed by atoms with van der Waals surface area (Å²) in [4.78, 5) is 24.0. The average molecular weight is 293 g/mol. The number of carbonyl (C=O) groups is 1. The van der Waals surface area contributed by atoms with Crippen LogP contribution in [0.15, 0.2) is 23.1 Å². The van der Waals surface area contributed by atoms with Crippen molar-refractivity contribution in [3.05, 3.63) is 28.7 Å². The van der Waals surface area contributed by atoms with Crippen LogP contribution in [0.2, 0.25) is 0 Å². The van der Waals surface area contributed by atoms with Crippen LogP contribution in [-0.4, -0.2) is 36.3 Å². The molecular weight excluding hydrogens is 270 g/mol. The van der Waals surface area contributed by atoms with E-state index in [0.717, 1.165) is 13.0 Å². The third-order valence-corrected chi connectivity index (χ3v) is 3.60. The van der Waals surface area contributed by atoms with Gasteiger partial charge in [0.2, 0.25) is 5.91 Å². The normalized spacial score (nSPS) is 21.4. The number of ether oxygens (including phenoxy) is 1. The van der Waals surface area contributed by atoms with E-state index in [1.165, 1.54) is 6.07 Å². The fourth-order valence-corrected chi connectivity index (χ4v) is 2.53. The summed E-state index contributed by atoms with van der Waals surface area (Å²) in [5.74, 6) is -0.267. The molecule has 1 aromatic rings. The predicted molar refractivity (Wildman–Crippen MR) is 81.4 cm³/mol. The highest BCUT2D eigenvalue weighted by Gasteiger charge is 2.33. The van der Waals surface area contributed by atoms with Crippen LogP contribution >= 0.6 is 0 Å². The Morgan fingerprint density at radius 2 is 2.19 bits per heavy atom. The van der Waals surface area contributed by atoms with E-state index in [4.69, 9.17) is 4.74 Å². The molecule has 0 saturated carbocycles. The molecule has 1 aliphatic heterocycles. The first kappa shape index (κ1) is 15.7. The van der Waals surface area contributed by atoms with Crippen LogP contribution in [0.1, 0.15) is 20.3 Å². The lowest BCUT2D eigenvalue weighted by molar-refractivity contribution is -0.120. The lowest BCUT2D eigenvalue weighted by Crippen LogP contribution is -2.41.